The molecule has 6 nitrogen and oxygen atoms in total. The van der Waals surface area contributed by atoms with Crippen molar-refractivity contribution in [1.29, 1.82) is 5.26 Å². The molecule has 0 radical (unpaired) electrons. The number of benzene rings is 3. The van der Waals surface area contributed by atoms with E-state index < -0.39 is 15.2 Å². The zero-order chi connectivity index (χ0) is 21.1. The van der Waals surface area contributed by atoms with Gasteiger partial charge in [-0.3, -0.25) is 4.79 Å². The molecule has 1 amide bonds. The number of anilines is 2. The molecule has 2 N–H and O–H groups in total. The predicted octanol–water partition coefficient (Wildman–Crippen LogP) is 3.97. The molecule has 0 saturated heterocycles. The summed E-state index contributed by atoms with van der Waals surface area (Å²) in [5.41, 5.74) is 3.22. The van der Waals surface area contributed by atoms with Gasteiger partial charge in [0.2, 0.25) is 0 Å². The molecule has 150 valence electrons. The van der Waals surface area contributed by atoms with Crippen molar-refractivity contribution in [3.8, 4) is 6.07 Å². The van der Waals surface area contributed by atoms with E-state index >= 15 is 0 Å². The second kappa shape index (κ2) is 8.01. The molecule has 7 heteroatoms. The van der Waals surface area contributed by atoms with Crippen LogP contribution in [0.15, 0.2) is 77.7 Å². The molecule has 0 spiro atoms. The molecule has 1 aliphatic heterocycles. The van der Waals surface area contributed by atoms with Crippen molar-refractivity contribution in [2.75, 3.05) is 10.6 Å². The molecule has 0 aromatic heterocycles. The Morgan fingerprint density at radius 1 is 1.03 bits per heavy atom. The summed E-state index contributed by atoms with van der Waals surface area (Å²) < 4.78 is 26.1. The van der Waals surface area contributed by atoms with Gasteiger partial charge in [-0.25, -0.2) is 8.42 Å². The number of nitriles is 1. The molecular formula is C23H19N3O3S. The van der Waals surface area contributed by atoms with Gasteiger partial charge in [0.05, 0.1) is 16.5 Å². The third kappa shape index (κ3) is 3.91. The molecule has 1 aliphatic rings. The molecule has 1 atom stereocenters. The normalized spacial score (nSPS) is 15.4. The Morgan fingerprint density at radius 3 is 2.57 bits per heavy atom. The van der Waals surface area contributed by atoms with E-state index in [1.165, 1.54) is 24.3 Å². The van der Waals surface area contributed by atoms with Crippen LogP contribution in [0, 0.1) is 11.3 Å². The first-order valence-corrected chi connectivity index (χ1v) is 11.0. The lowest BCUT2D eigenvalue weighted by Gasteiger charge is -2.26. The topological polar surface area (TPSA) is 99.1 Å². The van der Waals surface area contributed by atoms with Crippen molar-refractivity contribution in [2.24, 2.45) is 0 Å². The number of sulfone groups is 1. The van der Waals surface area contributed by atoms with E-state index in [1.807, 2.05) is 30.3 Å². The second-order valence-corrected chi connectivity index (χ2v) is 9.18. The van der Waals surface area contributed by atoms with E-state index in [0.717, 1.165) is 11.3 Å². The largest absolute Gasteiger partial charge is 0.369 e. The first kappa shape index (κ1) is 19.7. The van der Waals surface area contributed by atoms with Gasteiger partial charge in [-0.2, -0.15) is 5.26 Å². The minimum atomic E-state index is -3.59. The van der Waals surface area contributed by atoms with E-state index in [0.29, 0.717) is 29.7 Å². The van der Waals surface area contributed by atoms with Crippen LogP contribution in [0.25, 0.3) is 0 Å². The van der Waals surface area contributed by atoms with Crippen LogP contribution in [0.5, 0.6) is 0 Å². The summed E-state index contributed by atoms with van der Waals surface area (Å²) in [5.74, 6) is -0.376. The lowest BCUT2D eigenvalue weighted by Crippen LogP contribution is -2.33. The second-order valence-electron chi connectivity index (χ2n) is 7.04. The molecular weight excluding hydrogens is 398 g/mol. The fourth-order valence-corrected chi connectivity index (χ4v) is 5.03. The fraction of sp³-hybridized carbons (Fsp3) is 0.130. The van der Waals surface area contributed by atoms with Crippen molar-refractivity contribution in [1.82, 2.24) is 0 Å². The number of nitrogens with one attached hydrogen (secondary N) is 2. The van der Waals surface area contributed by atoms with Crippen LogP contribution in [-0.2, 0) is 16.3 Å². The summed E-state index contributed by atoms with van der Waals surface area (Å²) in [6.45, 7) is 0. The molecule has 30 heavy (non-hydrogen) atoms. The number of fused-ring (bicyclic) bond motifs is 1. The van der Waals surface area contributed by atoms with Gasteiger partial charge in [-0.15, -0.1) is 0 Å². The zero-order valence-corrected chi connectivity index (χ0v) is 16.8. The van der Waals surface area contributed by atoms with Crippen molar-refractivity contribution in [3.63, 3.8) is 0 Å². The number of amides is 1. The lowest BCUT2D eigenvalue weighted by molar-refractivity contribution is 0.102. The minimum absolute atomic E-state index is 0.169. The highest BCUT2D eigenvalue weighted by Crippen LogP contribution is 2.29. The minimum Gasteiger partial charge on any atom is -0.369 e. The highest BCUT2D eigenvalue weighted by atomic mass is 32.2. The number of aryl methyl sites for hydroxylation is 1. The number of carbonyl (C=O) groups is 1. The smallest absolute Gasteiger partial charge is 0.255 e. The van der Waals surface area contributed by atoms with Crippen molar-refractivity contribution in [3.05, 3.63) is 89.5 Å². The summed E-state index contributed by atoms with van der Waals surface area (Å²) >= 11 is 0. The van der Waals surface area contributed by atoms with Crippen molar-refractivity contribution >= 4 is 27.1 Å². The molecule has 0 aliphatic carbocycles. The molecule has 3 aromatic carbocycles. The van der Waals surface area contributed by atoms with Crippen LogP contribution >= 0.6 is 0 Å². The van der Waals surface area contributed by atoms with Crippen LogP contribution < -0.4 is 10.6 Å². The number of hydrogen-bond donors (Lipinski definition) is 2. The van der Waals surface area contributed by atoms with Gasteiger partial charge in [0.15, 0.2) is 9.84 Å². The lowest BCUT2D eigenvalue weighted by atomic mass is 10.0. The highest BCUT2D eigenvalue weighted by molar-refractivity contribution is 7.92. The van der Waals surface area contributed by atoms with E-state index in [2.05, 4.69) is 10.6 Å². The van der Waals surface area contributed by atoms with Gasteiger partial charge in [0.25, 0.3) is 5.91 Å². The number of carbonyl (C=O) groups excluding carboxylic acids is 1. The number of hydrogen-bond acceptors (Lipinski definition) is 5. The van der Waals surface area contributed by atoms with Crippen LogP contribution in [0.4, 0.5) is 11.4 Å². The Labute approximate surface area is 175 Å². The maximum atomic E-state index is 13.0. The average molecular weight is 417 g/mol. The summed E-state index contributed by atoms with van der Waals surface area (Å²) in [4.78, 5) is 12.6. The maximum Gasteiger partial charge on any atom is 0.255 e. The molecule has 0 saturated carbocycles. The Morgan fingerprint density at radius 2 is 1.80 bits per heavy atom. The van der Waals surface area contributed by atoms with E-state index in [1.54, 1.807) is 24.3 Å². The third-order valence-electron chi connectivity index (χ3n) is 5.08. The summed E-state index contributed by atoms with van der Waals surface area (Å²) in [5, 5.41) is 14.1. The zero-order valence-electron chi connectivity index (χ0n) is 16.0. The molecule has 4 rings (SSSR count). The summed E-state index contributed by atoms with van der Waals surface area (Å²) in [6.07, 6.45) is 1.17. The Balaban J connectivity index is 1.50. The first-order chi connectivity index (χ1) is 14.5. The highest BCUT2D eigenvalue weighted by Gasteiger charge is 2.30. The molecule has 3 aromatic rings. The van der Waals surface area contributed by atoms with Crippen LogP contribution in [0.3, 0.4) is 0 Å². The predicted molar refractivity (Wildman–Crippen MR) is 115 cm³/mol. The number of para-hydroxylation sites is 1. The Kier molecular flexibility index (Phi) is 5.25. The van der Waals surface area contributed by atoms with Crippen LogP contribution in [-0.4, -0.2) is 19.7 Å². The SMILES string of the molecule is N#Cc1cccc(NC(=O)c2ccc(S(=O)(=O)C3CCc4ccccc4N3)cc2)c1. The van der Waals surface area contributed by atoms with Gasteiger partial charge >= 0.3 is 0 Å². The van der Waals surface area contributed by atoms with Gasteiger partial charge in [0, 0.05) is 16.9 Å². The molecule has 1 heterocycles. The monoisotopic (exact) mass is 417 g/mol. The average Bonchev–Trinajstić information content (AvgIpc) is 2.79. The molecule has 0 bridgehead atoms. The van der Waals surface area contributed by atoms with Gasteiger partial charge in [0.1, 0.15) is 5.37 Å². The third-order valence-corrected chi connectivity index (χ3v) is 7.11. The summed E-state index contributed by atoms with van der Waals surface area (Å²) in [6, 6.07) is 22.2. The maximum absolute atomic E-state index is 13.0. The Bertz CT molecular complexity index is 1250. The van der Waals surface area contributed by atoms with Gasteiger partial charge in [-0.05, 0) is 66.9 Å². The molecule has 1 unspecified atom stereocenters. The molecule has 0 fully saturated rings. The van der Waals surface area contributed by atoms with E-state index in [-0.39, 0.29) is 10.8 Å². The van der Waals surface area contributed by atoms with Gasteiger partial charge < -0.3 is 10.6 Å². The standard InChI is InChI=1S/C23H19N3O3S/c24-15-16-4-3-6-19(14-16)25-23(27)18-8-11-20(12-9-18)30(28,29)22-13-10-17-5-1-2-7-21(17)26-22/h1-9,11-12,14,22,26H,10,13H2,(H,25,27). The van der Waals surface area contributed by atoms with Crippen LogP contribution in [0.1, 0.15) is 27.9 Å². The number of rotatable bonds is 4. The number of nitrogens with zero attached hydrogens (tertiary/aromatic N) is 1. The van der Waals surface area contributed by atoms with Crippen LogP contribution in [0.2, 0.25) is 0 Å². The fourth-order valence-electron chi connectivity index (χ4n) is 3.47. The van der Waals surface area contributed by atoms with Crippen molar-refractivity contribution in [2.45, 2.75) is 23.1 Å². The Hall–Kier alpha value is -3.63. The quantitative estimate of drug-likeness (QED) is 0.669. The van der Waals surface area contributed by atoms with E-state index in [9.17, 15) is 13.2 Å². The van der Waals surface area contributed by atoms with Crippen molar-refractivity contribution < 1.29 is 13.2 Å². The van der Waals surface area contributed by atoms with Gasteiger partial charge in [-0.1, -0.05) is 24.3 Å². The van der Waals surface area contributed by atoms with E-state index in [4.69, 9.17) is 5.26 Å². The summed E-state index contributed by atoms with van der Waals surface area (Å²) in [7, 11) is -3.59. The first-order valence-electron chi connectivity index (χ1n) is 9.47.